The first kappa shape index (κ1) is 20.1. The molecule has 0 radical (unpaired) electrons. The number of hydrogen-bond acceptors (Lipinski definition) is 5. The minimum atomic E-state index is -0.529. The van der Waals surface area contributed by atoms with Crippen LogP contribution in [0.15, 0.2) is 84.0 Å². The third-order valence-electron chi connectivity index (χ3n) is 5.01. The van der Waals surface area contributed by atoms with Crippen molar-refractivity contribution in [2.75, 3.05) is 11.9 Å². The van der Waals surface area contributed by atoms with Gasteiger partial charge in [-0.1, -0.05) is 66.4 Å². The van der Waals surface area contributed by atoms with Crippen LogP contribution in [0.25, 0.3) is 16.8 Å². The Kier molecular flexibility index (Phi) is 5.51. The molecule has 2 heterocycles. The van der Waals surface area contributed by atoms with E-state index in [-0.39, 0.29) is 5.91 Å². The Morgan fingerprint density at radius 3 is 2.66 bits per heavy atom. The molecule has 0 fully saturated rings. The number of anilines is 1. The monoisotopic (exact) mass is 443 g/mol. The van der Waals surface area contributed by atoms with Crippen molar-refractivity contribution in [3.05, 3.63) is 84.4 Å². The quantitative estimate of drug-likeness (QED) is 0.343. The van der Waals surface area contributed by atoms with Gasteiger partial charge in [0.1, 0.15) is 11.0 Å². The molecule has 8 heteroatoms. The molecule has 0 aliphatic rings. The Labute approximate surface area is 188 Å². The van der Waals surface area contributed by atoms with E-state index in [1.807, 2.05) is 90.2 Å². The number of imidazole rings is 1. The summed E-state index contributed by atoms with van der Waals surface area (Å²) in [5.41, 5.74) is 3.33. The summed E-state index contributed by atoms with van der Waals surface area (Å²) < 4.78 is 7.62. The van der Waals surface area contributed by atoms with Gasteiger partial charge < -0.3 is 10.1 Å². The number of aromatic nitrogens is 4. The highest BCUT2D eigenvalue weighted by Gasteiger charge is 2.26. The van der Waals surface area contributed by atoms with E-state index < -0.39 is 5.25 Å². The van der Waals surface area contributed by atoms with Crippen LogP contribution >= 0.6 is 11.8 Å². The summed E-state index contributed by atoms with van der Waals surface area (Å²) in [5, 5.41) is 10.6. The molecule has 2 N–H and O–H groups in total. The van der Waals surface area contributed by atoms with Crippen LogP contribution in [0.1, 0.15) is 17.7 Å². The largest absolute Gasteiger partial charge is 0.492 e. The van der Waals surface area contributed by atoms with E-state index in [4.69, 9.17) is 4.74 Å². The van der Waals surface area contributed by atoms with Gasteiger partial charge in [-0.2, -0.15) is 0 Å². The van der Waals surface area contributed by atoms with E-state index in [1.165, 1.54) is 11.8 Å². The van der Waals surface area contributed by atoms with Crippen LogP contribution in [-0.2, 0) is 4.79 Å². The summed E-state index contributed by atoms with van der Waals surface area (Å²) in [6.07, 6.45) is 0. The molecule has 0 spiro atoms. The fourth-order valence-corrected chi connectivity index (χ4v) is 4.64. The lowest BCUT2D eigenvalue weighted by Crippen LogP contribution is -2.20. The van der Waals surface area contributed by atoms with Crippen LogP contribution in [-0.4, -0.2) is 32.1 Å². The van der Waals surface area contributed by atoms with Gasteiger partial charge in [0.2, 0.25) is 11.7 Å². The lowest BCUT2D eigenvalue weighted by molar-refractivity contribution is -0.115. The van der Waals surface area contributed by atoms with Crippen molar-refractivity contribution in [3.63, 3.8) is 0 Å². The van der Waals surface area contributed by atoms with E-state index in [1.54, 1.807) is 0 Å². The number of nitrogens with zero attached hydrogens (tertiary/aromatic N) is 3. The van der Waals surface area contributed by atoms with Crippen LogP contribution in [0, 0.1) is 0 Å². The second kappa shape index (κ2) is 8.76. The van der Waals surface area contributed by atoms with Gasteiger partial charge in [0.15, 0.2) is 5.16 Å². The van der Waals surface area contributed by atoms with Gasteiger partial charge in [-0.3, -0.25) is 9.20 Å². The average Bonchev–Trinajstić information content (AvgIpc) is 3.39. The van der Waals surface area contributed by atoms with Gasteiger partial charge in [-0.05, 0) is 36.8 Å². The number of ether oxygens (including phenoxy) is 1. The number of H-pyrrole nitrogens is 1. The lowest BCUT2D eigenvalue weighted by atomic mass is 10.1. The lowest BCUT2D eigenvalue weighted by Gasteiger charge is -2.17. The van der Waals surface area contributed by atoms with Gasteiger partial charge in [0.05, 0.1) is 23.3 Å². The molecule has 3 aromatic carbocycles. The number of fused-ring (bicyclic) bond motifs is 3. The number of rotatable bonds is 7. The number of nitrogens with one attached hydrogen (secondary N) is 2. The highest BCUT2D eigenvalue weighted by atomic mass is 32.2. The number of carbonyl (C=O) groups is 1. The number of benzene rings is 3. The minimum Gasteiger partial charge on any atom is -0.492 e. The molecule has 0 aliphatic carbocycles. The van der Waals surface area contributed by atoms with Gasteiger partial charge in [0.25, 0.3) is 0 Å². The first-order chi connectivity index (χ1) is 15.7. The molecule has 7 nitrogen and oxygen atoms in total. The summed E-state index contributed by atoms with van der Waals surface area (Å²) in [7, 11) is 0. The molecule has 1 amide bonds. The molecule has 0 bridgehead atoms. The van der Waals surface area contributed by atoms with E-state index in [0.29, 0.717) is 29.0 Å². The number of carbonyl (C=O) groups excluding carboxylic acids is 1. The number of amides is 1. The zero-order valence-corrected chi connectivity index (χ0v) is 18.2. The second-order valence-electron chi connectivity index (χ2n) is 7.09. The maximum absolute atomic E-state index is 13.5. The molecule has 32 heavy (non-hydrogen) atoms. The molecule has 5 aromatic rings. The molecule has 1 atom stereocenters. The van der Waals surface area contributed by atoms with E-state index >= 15 is 0 Å². The van der Waals surface area contributed by atoms with Crippen molar-refractivity contribution >= 4 is 40.2 Å². The average molecular weight is 444 g/mol. The van der Waals surface area contributed by atoms with E-state index in [2.05, 4.69) is 20.5 Å². The van der Waals surface area contributed by atoms with Crippen LogP contribution in [0.5, 0.6) is 5.75 Å². The number of thioether (sulfide) groups is 1. The van der Waals surface area contributed by atoms with Gasteiger partial charge in [-0.25, -0.2) is 10.1 Å². The SMILES string of the molecule is CCOc1ccccc1NC(=O)C(Sc1n[nH]c2nc3ccccc3n12)c1ccccc1. The van der Waals surface area contributed by atoms with Gasteiger partial charge in [-0.15, -0.1) is 5.10 Å². The Hall–Kier alpha value is -3.78. The highest BCUT2D eigenvalue weighted by molar-refractivity contribution is 8.00. The van der Waals surface area contributed by atoms with Crippen molar-refractivity contribution in [1.29, 1.82) is 0 Å². The summed E-state index contributed by atoms with van der Waals surface area (Å²) in [6, 6.07) is 25.0. The summed E-state index contributed by atoms with van der Waals surface area (Å²) in [5.74, 6) is 1.12. The van der Waals surface area contributed by atoms with E-state index in [0.717, 1.165) is 16.6 Å². The van der Waals surface area contributed by atoms with Crippen molar-refractivity contribution in [2.24, 2.45) is 0 Å². The Bertz CT molecular complexity index is 1380. The molecule has 5 rings (SSSR count). The predicted molar refractivity (Wildman–Crippen MR) is 126 cm³/mol. The molecular formula is C24H21N5O2S. The van der Waals surface area contributed by atoms with Crippen molar-refractivity contribution < 1.29 is 9.53 Å². The summed E-state index contributed by atoms with van der Waals surface area (Å²) in [6.45, 7) is 2.43. The molecule has 2 aromatic heterocycles. The van der Waals surface area contributed by atoms with Crippen LogP contribution < -0.4 is 10.1 Å². The summed E-state index contributed by atoms with van der Waals surface area (Å²) in [4.78, 5) is 18.1. The van der Waals surface area contributed by atoms with Gasteiger partial charge in [0, 0.05) is 0 Å². The normalized spacial score (nSPS) is 12.2. The molecular weight excluding hydrogens is 422 g/mol. The molecule has 160 valence electrons. The number of aromatic amines is 1. The maximum Gasteiger partial charge on any atom is 0.242 e. The first-order valence-corrected chi connectivity index (χ1v) is 11.2. The second-order valence-corrected chi connectivity index (χ2v) is 8.16. The Morgan fingerprint density at radius 2 is 1.81 bits per heavy atom. The highest BCUT2D eigenvalue weighted by Crippen LogP contribution is 2.37. The zero-order valence-electron chi connectivity index (χ0n) is 17.4. The Balaban J connectivity index is 1.51. The minimum absolute atomic E-state index is 0.158. The van der Waals surface area contributed by atoms with Crippen molar-refractivity contribution in [3.8, 4) is 5.75 Å². The third kappa shape index (κ3) is 3.80. The molecule has 0 aliphatic heterocycles. The smallest absolute Gasteiger partial charge is 0.242 e. The summed E-state index contributed by atoms with van der Waals surface area (Å²) >= 11 is 1.37. The third-order valence-corrected chi connectivity index (χ3v) is 6.22. The fourth-order valence-electron chi connectivity index (χ4n) is 3.58. The van der Waals surface area contributed by atoms with Gasteiger partial charge >= 0.3 is 0 Å². The van der Waals surface area contributed by atoms with Crippen molar-refractivity contribution in [2.45, 2.75) is 17.3 Å². The first-order valence-electron chi connectivity index (χ1n) is 10.3. The molecule has 0 saturated carbocycles. The topological polar surface area (TPSA) is 84.3 Å². The van der Waals surface area contributed by atoms with E-state index in [9.17, 15) is 4.79 Å². The molecule has 1 unspecified atom stereocenters. The molecule has 0 saturated heterocycles. The van der Waals surface area contributed by atoms with Crippen LogP contribution in [0.3, 0.4) is 0 Å². The predicted octanol–water partition coefficient (Wildman–Crippen LogP) is 5.08. The number of hydrogen-bond donors (Lipinski definition) is 2. The zero-order chi connectivity index (χ0) is 21.9. The number of para-hydroxylation sites is 4. The standard InChI is InChI=1S/C24H21N5O2S/c1-2-31-20-15-9-7-13-18(20)25-22(30)21(16-10-4-3-5-11-16)32-24-28-27-23-26-17-12-6-8-14-19(17)29(23)24/h3-15,21H,2H2,1H3,(H,25,30)(H,26,27). The van der Waals surface area contributed by atoms with Crippen molar-refractivity contribution in [1.82, 2.24) is 19.6 Å². The maximum atomic E-state index is 13.5. The van der Waals surface area contributed by atoms with Crippen LogP contribution in [0.4, 0.5) is 5.69 Å². The Morgan fingerprint density at radius 1 is 1.06 bits per heavy atom. The van der Waals surface area contributed by atoms with Crippen LogP contribution in [0.2, 0.25) is 0 Å². The fraction of sp³-hybridized carbons (Fsp3) is 0.125.